The summed E-state index contributed by atoms with van der Waals surface area (Å²) in [5.41, 5.74) is 0.152. The fourth-order valence-electron chi connectivity index (χ4n) is 4.38. The van der Waals surface area contributed by atoms with Crippen LogP contribution in [0.25, 0.3) is 0 Å². The van der Waals surface area contributed by atoms with Crippen LogP contribution in [-0.4, -0.2) is 76.3 Å². The minimum Gasteiger partial charge on any atom is -0.379 e. The molecule has 3 saturated heterocycles. The van der Waals surface area contributed by atoms with E-state index in [0.717, 1.165) is 58.7 Å². The molecule has 1 aromatic rings. The van der Waals surface area contributed by atoms with Crippen molar-refractivity contribution in [2.45, 2.75) is 30.3 Å². The first-order valence-corrected chi connectivity index (χ1v) is 11.0. The van der Waals surface area contributed by atoms with E-state index in [-0.39, 0.29) is 11.5 Å². The van der Waals surface area contributed by atoms with Crippen LogP contribution >= 0.6 is 0 Å². The first-order valence-electron chi connectivity index (χ1n) is 9.54. The minimum absolute atomic E-state index is 0.152. The monoisotopic (exact) mass is 380 g/mol. The number of ether oxygens (including phenoxy) is 2. The number of piperidine rings is 1. The van der Waals surface area contributed by atoms with Gasteiger partial charge in [0.15, 0.2) is 0 Å². The Hall–Kier alpha value is -0.990. The number of nitrogens with zero attached hydrogens (tertiary/aromatic N) is 2. The average Bonchev–Trinajstić information content (AvgIpc) is 3.05. The third kappa shape index (κ3) is 3.82. The number of rotatable bonds is 4. The molecule has 3 heterocycles. The van der Waals surface area contributed by atoms with E-state index in [0.29, 0.717) is 18.0 Å². The normalized spacial score (nSPS) is 27.8. The van der Waals surface area contributed by atoms with Crippen LogP contribution in [0.1, 0.15) is 19.3 Å². The molecule has 26 heavy (non-hydrogen) atoms. The van der Waals surface area contributed by atoms with Crippen LogP contribution in [-0.2, 0) is 19.5 Å². The Morgan fingerprint density at radius 1 is 1.04 bits per heavy atom. The van der Waals surface area contributed by atoms with E-state index in [9.17, 15) is 8.42 Å². The molecule has 0 aliphatic carbocycles. The van der Waals surface area contributed by atoms with Crippen molar-refractivity contribution in [3.63, 3.8) is 0 Å². The lowest BCUT2D eigenvalue weighted by atomic mass is 9.77. The highest BCUT2D eigenvalue weighted by atomic mass is 32.2. The van der Waals surface area contributed by atoms with Gasteiger partial charge in [0, 0.05) is 32.7 Å². The number of benzene rings is 1. The topological polar surface area (TPSA) is 59.1 Å². The Balaban J connectivity index is 1.33. The molecule has 0 aromatic heterocycles. The van der Waals surface area contributed by atoms with Crippen LogP contribution in [0.2, 0.25) is 0 Å². The summed E-state index contributed by atoms with van der Waals surface area (Å²) >= 11 is 0. The predicted octanol–water partition coefficient (Wildman–Crippen LogP) is 1.58. The van der Waals surface area contributed by atoms with Crippen LogP contribution in [0.5, 0.6) is 0 Å². The molecule has 3 aliphatic rings. The van der Waals surface area contributed by atoms with Crippen molar-refractivity contribution in [3.8, 4) is 0 Å². The van der Waals surface area contributed by atoms with E-state index in [1.54, 1.807) is 28.6 Å². The summed E-state index contributed by atoms with van der Waals surface area (Å²) in [6, 6.07) is 8.75. The van der Waals surface area contributed by atoms with Crippen LogP contribution in [0.4, 0.5) is 0 Å². The molecule has 0 bridgehead atoms. The molecule has 7 heteroatoms. The Morgan fingerprint density at radius 2 is 1.73 bits per heavy atom. The quantitative estimate of drug-likeness (QED) is 0.794. The summed E-state index contributed by atoms with van der Waals surface area (Å²) in [4.78, 5) is 2.81. The van der Waals surface area contributed by atoms with Gasteiger partial charge in [0.1, 0.15) is 0 Å². The molecule has 0 saturated carbocycles. The maximum atomic E-state index is 12.8. The second-order valence-electron chi connectivity index (χ2n) is 7.77. The Bertz CT molecular complexity index is 696. The van der Waals surface area contributed by atoms with Gasteiger partial charge in [-0.1, -0.05) is 18.2 Å². The van der Waals surface area contributed by atoms with Gasteiger partial charge in [-0.25, -0.2) is 8.42 Å². The summed E-state index contributed by atoms with van der Waals surface area (Å²) in [5.74, 6) is 0. The Kier molecular flexibility index (Phi) is 5.34. The third-order valence-corrected chi connectivity index (χ3v) is 7.93. The second-order valence-corrected chi connectivity index (χ2v) is 9.71. The molecule has 0 amide bonds. The molecule has 3 aliphatic heterocycles. The Morgan fingerprint density at radius 3 is 2.42 bits per heavy atom. The maximum absolute atomic E-state index is 12.8. The van der Waals surface area contributed by atoms with Crippen molar-refractivity contribution in [1.82, 2.24) is 9.21 Å². The van der Waals surface area contributed by atoms with Crippen molar-refractivity contribution in [2.75, 3.05) is 52.5 Å². The predicted molar refractivity (Wildman–Crippen MR) is 98.5 cm³/mol. The molecule has 3 fully saturated rings. The minimum atomic E-state index is -3.37. The van der Waals surface area contributed by atoms with E-state index < -0.39 is 10.0 Å². The summed E-state index contributed by atoms with van der Waals surface area (Å²) in [6.45, 7) is 6.49. The summed E-state index contributed by atoms with van der Waals surface area (Å²) in [5, 5.41) is 0. The summed E-state index contributed by atoms with van der Waals surface area (Å²) in [7, 11) is -3.37. The number of hydrogen-bond donors (Lipinski definition) is 0. The number of morpholine rings is 1. The zero-order valence-corrected chi connectivity index (χ0v) is 16.0. The van der Waals surface area contributed by atoms with Crippen molar-refractivity contribution < 1.29 is 17.9 Å². The fourth-order valence-corrected chi connectivity index (χ4v) is 5.84. The van der Waals surface area contributed by atoms with Crippen LogP contribution in [0, 0.1) is 5.41 Å². The molecular formula is C19H28N2O4S. The van der Waals surface area contributed by atoms with Crippen LogP contribution in [0.3, 0.4) is 0 Å². The summed E-state index contributed by atoms with van der Waals surface area (Å²) < 4.78 is 38.7. The second kappa shape index (κ2) is 7.56. The van der Waals surface area contributed by atoms with Crippen molar-refractivity contribution in [2.24, 2.45) is 5.41 Å². The molecule has 1 spiro atoms. The molecule has 4 rings (SSSR count). The SMILES string of the molecule is O=S(=O)(c1ccccc1)N1CCC2(CC1)CO[C@H](CN1CCOCC1)C2. The first kappa shape index (κ1) is 18.4. The highest BCUT2D eigenvalue weighted by molar-refractivity contribution is 7.89. The molecule has 1 atom stereocenters. The molecule has 1 aromatic carbocycles. The van der Waals surface area contributed by atoms with Gasteiger partial charge in [0.25, 0.3) is 0 Å². The molecule has 144 valence electrons. The summed E-state index contributed by atoms with van der Waals surface area (Å²) in [6.07, 6.45) is 3.09. The highest BCUT2D eigenvalue weighted by Gasteiger charge is 2.44. The van der Waals surface area contributed by atoms with Gasteiger partial charge in [-0.3, -0.25) is 4.90 Å². The van der Waals surface area contributed by atoms with Crippen LogP contribution in [0.15, 0.2) is 35.2 Å². The van der Waals surface area contributed by atoms with Gasteiger partial charge in [-0.05, 0) is 36.8 Å². The zero-order chi connectivity index (χ0) is 18.0. The van der Waals surface area contributed by atoms with E-state index in [1.165, 1.54) is 0 Å². The molecular weight excluding hydrogens is 352 g/mol. The molecule has 0 unspecified atom stereocenters. The Labute approximate surface area is 156 Å². The van der Waals surface area contributed by atoms with Crippen molar-refractivity contribution in [3.05, 3.63) is 30.3 Å². The molecule has 6 nitrogen and oxygen atoms in total. The lowest BCUT2D eigenvalue weighted by molar-refractivity contribution is 0.00567. The van der Waals surface area contributed by atoms with E-state index in [4.69, 9.17) is 9.47 Å². The van der Waals surface area contributed by atoms with Gasteiger partial charge in [0.05, 0.1) is 30.8 Å². The van der Waals surface area contributed by atoms with Gasteiger partial charge < -0.3 is 9.47 Å². The van der Waals surface area contributed by atoms with Gasteiger partial charge in [0.2, 0.25) is 10.0 Å². The lowest BCUT2D eigenvalue weighted by Gasteiger charge is -2.38. The molecule has 0 N–H and O–H groups in total. The first-order chi connectivity index (χ1) is 12.6. The largest absolute Gasteiger partial charge is 0.379 e. The standard InChI is InChI=1S/C19H28N2O4S/c22-26(23,18-4-2-1-3-5-18)21-8-6-19(7-9-21)14-17(25-16-19)15-20-10-12-24-13-11-20/h1-5,17H,6-16H2/t17-/m0/s1. The van der Waals surface area contributed by atoms with E-state index in [1.807, 2.05) is 6.07 Å². The van der Waals surface area contributed by atoms with Crippen LogP contribution < -0.4 is 0 Å². The van der Waals surface area contributed by atoms with Crippen molar-refractivity contribution >= 4 is 10.0 Å². The van der Waals surface area contributed by atoms with Gasteiger partial charge in [-0.2, -0.15) is 4.31 Å². The number of hydrogen-bond acceptors (Lipinski definition) is 5. The maximum Gasteiger partial charge on any atom is 0.243 e. The van der Waals surface area contributed by atoms with Crippen molar-refractivity contribution in [1.29, 1.82) is 0 Å². The van der Waals surface area contributed by atoms with Gasteiger partial charge in [-0.15, -0.1) is 0 Å². The smallest absolute Gasteiger partial charge is 0.243 e. The third-order valence-electron chi connectivity index (χ3n) is 6.02. The fraction of sp³-hybridized carbons (Fsp3) is 0.684. The zero-order valence-electron chi connectivity index (χ0n) is 15.2. The lowest BCUT2D eigenvalue weighted by Crippen LogP contribution is -2.44. The highest BCUT2D eigenvalue weighted by Crippen LogP contribution is 2.43. The van der Waals surface area contributed by atoms with E-state index in [2.05, 4.69) is 4.90 Å². The van der Waals surface area contributed by atoms with Gasteiger partial charge >= 0.3 is 0 Å². The molecule has 0 radical (unpaired) electrons. The average molecular weight is 381 g/mol. The van der Waals surface area contributed by atoms with E-state index >= 15 is 0 Å². The number of sulfonamides is 1.